The predicted molar refractivity (Wildman–Crippen MR) is 509 cm³/mol. The normalized spacial score (nSPS) is 12.1. The van der Waals surface area contributed by atoms with Crippen LogP contribution in [0.2, 0.25) is 20.1 Å². The fourth-order valence-corrected chi connectivity index (χ4v) is 20.0. The molecule has 0 radical (unpaired) electrons. The molecule has 0 fully saturated rings. The summed E-state index contributed by atoms with van der Waals surface area (Å²) in [6.45, 7) is 0. The first kappa shape index (κ1) is 74.6. The van der Waals surface area contributed by atoms with Crippen LogP contribution in [-0.4, -0.2) is 4.57 Å². The minimum absolute atomic E-state index is 0.443. The van der Waals surface area contributed by atoms with E-state index in [2.05, 4.69) is 297 Å². The molecule has 23 aromatic rings. The summed E-state index contributed by atoms with van der Waals surface area (Å²) in [5, 5.41) is 24.0. The SMILES string of the molecule is Clc1ccc2c(c1)-c1cc(-c3cccc4c3oc3ccccc34)ccc1C2(c1ccccc1)c1ccccc1.Clc1ccc2c(c1)sc1ccc(-c3cccc4c3oc3c(-c5ccccc5)cccc34)cc12.Cn1c2ccccc2c2cc(-c3cc(Cl)cc(-c4ccccc4)c3)ccc21.N#Cc1cc(-c2cccc(Cl)c2)cc2c1oc1ccccc12. The Labute approximate surface area is 721 Å². The minimum Gasteiger partial charge on any atom is -0.455 e. The Morgan fingerprint density at radius 3 is 1.38 bits per heavy atom. The molecule has 0 atom stereocenters. The van der Waals surface area contributed by atoms with Crippen LogP contribution in [0.3, 0.4) is 0 Å². The first-order valence-corrected chi connectivity index (χ1v) is 42.3. The molecule has 10 heteroatoms. The van der Waals surface area contributed by atoms with E-state index in [4.69, 9.17) is 59.7 Å². The van der Waals surface area contributed by atoms with Crippen LogP contribution in [0.4, 0.5) is 0 Å². The van der Waals surface area contributed by atoms with Gasteiger partial charge in [-0.05, 0) is 199 Å². The molecule has 0 N–H and O–H groups in total. The molecule has 0 bridgehead atoms. The van der Waals surface area contributed by atoms with Crippen molar-refractivity contribution >= 4 is 166 Å². The van der Waals surface area contributed by atoms with E-state index < -0.39 is 5.41 Å². The molecule has 0 aliphatic heterocycles. The number of hydrogen-bond acceptors (Lipinski definition) is 5. The van der Waals surface area contributed by atoms with Crippen molar-refractivity contribution < 1.29 is 13.3 Å². The van der Waals surface area contributed by atoms with E-state index in [0.29, 0.717) is 16.2 Å². The number of benzene rings is 18. The summed E-state index contributed by atoms with van der Waals surface area (Å²) in [5.74, 6) is 0. The van der Waals surface area contributed by atoms with Crippen LogP contribution in [0.5, 0.6) is 0 Å². The second-order valence-electron chi connectivity index (χ2n) is 30.5. The third-order valence-electron chi connectivity index (χ3n) is 23.6. The van der Waals surface area contributed by atoms with Gasteiger partial charge >= 0.3 is 0 Å². The largest absolute Gasteiger partial charge is 0.455 e. The van der Waals surface area contributed by atoms with Crippen LogP contribution >= 0.6 is 57.7 Å². The van der Waals surface area contributed by atoms with E-state index in [0.717, 1.165) is 131 Å². The third-order valence-corrected chi connectivity index (χ3v) is 25.6. The average Bonchev–Trinajstić information content (AvgIpc) is 1.54. The van der Waals surface area contributed by atoms with Gasteiger partial charge in [0, 0.05) is 118 Å². The Morgan fingerprint density at radius 1 is 0.264 bits per heavy atom. The van der Waals surface area contributed by atoms with E-state index in [-0.39, 0.29) is 0 Å². The average molecular weight is 1650 g/mol. The fraction of sp³-hybridized carbons (Fsp3) is 0.0180. The van der Waals surface area contributed by atoms with Crippen LogP contribution in [0.15, 0.2) is 408 Å². The second kappa shape index (κ2) is 31.1. The van der Waals surface area contributed by atoms with E-state index in [1.54, 1.807) is 11.3 Å². The maximum Gasteiger partial charge on any atom is 0.153 e. The molecule has 5 heterocycles. The van der Waals surface area contributed by atoms with Crippen molar-refractivity contribution in [2.24, 2.45) is 7.05 Å². The van der Waals surface area contributed by atoms with Crippen molar-refractivity contribution in [3.8, 4) is 84.0 Å². The lowest BCUT2D eigenvalue weighted by Crippen LogP contribution is -2.28. The van der Waals surface area contributed by atoms with Gasteiger partial charge in [0.1, 0.15) is 34.0 Å². The topological polar surface area (TPSA) is 68.1 Å². The molecule has 24 rings (SSSR count). The van der Waals surface area contributed by atoms with Gasteiger partial charge in [0.25, 0.3) is 0 Å². The van der Waals surface area contributed by atoms with Gasteiger partial charge in [0.2, 0.25) is 0 Å². The van der Waals surface area contributed by atoms with Crippen LogP contribution < -0.4 is 0 Å². The summed E-state index contributed by atoms with van der Waals surface area (Å²) >= 11 is 27.2. The summed E-state index contributed by atoms with van der Waals surface area (Å²) in [7, 11) is 2.12. The maximum absolute atomic E-state index is 9.45. The number of nitriles is 1. The lowest BCUT2D eigenvalue weighted by atomic mass is 9.67. The van der Waals surface area contributed by atoms with Gasteiger partial charge in [-0.1, -0.05) is 325 Å². The Bertz CT molecular complexity index is 8010. The highest BCUT2D eigenvalue weighted by Crippen LogP contribution is 2.58. The zero-order valence-corrected chi connectivity index (χ0v) is 68.9. The smallest absolute Gasteiger partial charge is 0.153 e. The van der Waals surface area contributed by atoms with Crippen molar-refractivity contribution in [2.45, 2.75) is 5.41 Å². The van der Waals surface area contributed by atoms with Crippen LogP contribution in [0, 0.1) is 11.3 Å². The highest BCUT2D eigenvalue weighted by Gasteiger charge is 2.46. The molecule has 5 aromatic heterocycles. The number of rotatable bonds is 8. The summed E-state index contributed by atoms with van der Waals surface area (Å²) < 4.78 is 23.6. The monoisotopic (exact) mass is 1650 g/mol. The number of para-hydroxylation sites is 6. The molecule has 1 aliphatic carbocycles. The number of hydrogen-bond donors (Lipinski definition) is 0. The van der Waals surface area contributed by atoms with Crippen molar-refractivity contribution in [3.63, 3.8) is 0 Å². The van der Waals surface area contributed by atoms with Gasteiger partial charge in [-0.15, -0.1) is 11.3 Å². The van der Waals surface area contributed by atoms with Gasteiger partial charge in [0.05, 0.1) is 11.0 Å². The Morgan fingerprint density at radius 2 is 0.711 bits per heavy atom. The minimum atomic E-state index is -0.443. The number of aromatic nitrogens is 1. The number of furan rings is 3. The van der Waals surface area contributed by atoms with Gasteiger partial charge in [-0.3, -0.25) is 0 Å². The molecular formula is C111H68Cl4N2O3S. The standard InChI is InChI=1S/C37H23ClO.C30H17ClOS.C25H18ClN.C19H10ClNO/c38-27-19-21-34-32(23-27)31-22-24(28-15-9-16-30-29-14-7-8-17-35(29)39-36(28)30)18-20-33(31)37(34,25-10-3-1-4-11-25)26-12-5-2-6-13-26;31-20-13-14-23-26-16-19(12-15-27(26)33-28(23)17-20)22-9-5-11-25-24-10-4-8-21(29(24)32-30(22)25)18-6-2-1-3-7-18;1-27-24-10-6-5-9-22(24)23-16-18(11-12-25(23)27)20-13-19(14-21(26)15-20)17-7-3-2-4-8-17;20-15-5-3-4-12(9-15)13-8-14(11-21)19-17(10-13)16-6-1-2-7-18(16)22-19/h1-23H;1-17H;2-16H,1H3;1-10H. The van der Waals surface area contributed by atoms with Crippen molar-refractivity contribution in [3.05, 3.63) is 442 Å². The third kappa shape index (κ3) is 13.3. The molecule has 0 unspecified atom stereocenters. The van der Waals surface area contributed by atoms with Crippen LogP contribution in [-0.2, 0) is 12.5 Å². The summed E-state index contributed by atoms with van der Waals surface area (Å²) in [6, 6.07) is 139. The van der Waals surface area contributed by atoms with Gasteiger partial charge < -0.3 is 17.8 Å². The lowest BCUT2D eigenvalue weighted by Gasteiger charge is -2.33. The van der Waals surface area contributed by atoms with Crippen molar-refractivity contribution in [2.75, 3.05) is 0 Å². The molecule has 0 saturated carbocycles. The lowest BCUT2D eigenvalue weighted by molar-refractivity contribution is 0.667. The van der Waals surface area contributed by atoms with E-state index in [1.807, 2.05) is 115 Å². The number of fused-ring (bicyclic) bond motifs is 18. The molecular weight excluding hydrogens is 1580 g/mol. The van der Waals surface area contributed by atoms with Crippen molar-refractivity contribution in [1.29, 1.82) is 5.26 Å². The zero-order valence-electron chi connectivity index (χ0n) is 65.1. The van der Waals surface area contributed by atoms with Crippen LogP contribution in [0.25, 0.3) is 186 Å². The molecule has 0 amide bonds. The Balaban J connectivity index is 0.000000102. The number of nitrogens with zero attached hydrogens (tertiary/aromatic N) is 2. The Kier molecular flexibility index (Phi) is 19.1. The molecule has 5 nitrogen and oxygen atoms in total. The number of halogens is 4. The number of aryl methyl sites for hydroxylation is 1. The number of thiophene rings is 1. The molecule has 0 saturated heterocycles. The maximum atomic E-state index is 9.45. The zero-order chi connectivity index (χ0) is 81.4. The molecule has 121 heavy (non-hydrogen) atoms. The predicted octanol–water partition coefficient (Wildman–Crippen LogP) is 33.3. The summed E-state index contributed by atoms with van der Waals surface area (Å²) in [5.41, 5.74) is 28.4. The molecule has 18 aromatic carbocycles. The first-order chi connectivity index (χ1) is 59.5. The van der Waals surface area contributed by atoms with Gasteiger partial charge in [-0.25, -0.2) is 0 Å². The fourth-order valence-electron chi connectivity index (χ4n) is 18.1. The summed E-state index contributed by atoms with van der Waals surface area (Å²) in [4.78, 5) is 0. The first-order valence-electron chi connectivity index (χ1n) is 40.0. The van der Waals surface area contributed by atoms with Gasteiger partial charge in [0.15, 0.2) is 5.58 Å². The quantitative estimate of drug-likeness (QED) is 0.152. The van der Waals surface area contributed by atoms with E-state index in [1.165, 1.54) is 86.5 Å². The van der Waals surface area contributed by atoms with E-state index in [9.17, 15) is 5.26 Å². The highest BCUT2D eigenvalue weighted by atomic mass is 35.5. The van der Waals surface area contributed by atoms with Gasteiger partial charge in [-0.2, -0.15) is 5.26 Å². The molecule has 1 aliphatic rings. The van der Waals surface area contributed by atoms with Crippen molar-refractivity contribution in [1.82, 2.24) is 4.57 Å². The molecule has 574 valence electrons. The summed E-state index contributed by atoms with van der Waals surface area (Å²) in [6.07, 6.45) is 0. The second-order valence-corrected chi connectivity index (χ2v) is 33.4. The Hall–Kier alpha value is -14.0. The molecule has 0 spiro atoms. The highest BCUT2D eigenvalue weighted by molar-refractivity contribution is 7.25. The van der Waals surface area contributed by atoms with E-state index >= 15 is 0 Å². The van der Waals surface area contributed by atoms with Crippen LogP contribution in [0.1, 0.15) is 27.8 Å².